The molecule has 0 aromatic heterocycles. The zero-order valence-corrected chi connectivity index (χ0v) is 68.5. The summed E-state index contributed by atoms with van der Waals surface area (Å²) in [7, 11) is 1.49. The first kappa shape index (κ1) is 98.2. The number of likely N-dealkylation sites (N-methyl/N-ethyl adjacent to an activating group) is 1. The van der Waals surface area contributed by atoms with Crippen molar-refractivity contribution < 1.29 is 42.1 Å². The van der Waals surface area contributed by atoms with Gasteiger partial charge in [0.25, 0.3) is 0 Å². The van der Waals surface area contributed by atoms with E-state index in [1.165, 1.54) is 321 Å². The number of phosphoric ester groups is 1. The molecule has 0 aromatic rings. The Morgan fingerprint density at radius 2 is 0.564 bits per heavy atom. The van der Waals surface area contributed by atoms with Crippen molar-refractivity contribution in [2.45, 2.75) is 437 Å². The number of phosphoric acid groups is 1. The number of hydrogen-bond acceptors (Lipinski definition) is 7. The molecule has 0 aliphatic heterocycles. The molecule has 0 fully saturated rings. The van der Waals surface area contributed by atoms with Gasteiger partial charge in [0, 0.05) is 12.8 Å². The van der Waals surface area contributed by atoms with Crippen LogP contribution in [-0.2, 0) is 32.7 Å². The fourth-order valence-corrected chi connectivity index (χ4v) is 13.8. The quantitative estimate of drug-likeness (QED) is 0.0211. The fraction of sp³-hybridized carbons (Fsp3) is 0.824. The molecule has 0 bridgehead atoms. The maximum Gasteiger partial charge on any atom is 0.472 e. The van der Waals surface area contributed by atoms with Crippen molar-refractivity contribution in [1.82, 2.24) is 0 Å². The summed E-state index contributed by atoms with van der Waals surface area (Å²) < 4.78 is 34.9. The van der Waals surface area contributed by atoms with Crippen LogP contribution in [0, 0.1) is 0 Å². The van der Waals surface area contributed by atoms with E-state index < -0.39 is 26.5 Å². The standard InChI is InChI=1S/C91H168NO8P/c1-6-8-10-12-14-16-18-20-22-24-26-28-30-32-34-36-38-40-42-44-45-46-48-49-51-53-55-57-59-61-63-65-67-69-71-73-75-77-79-81-83-90(93)97-87-89(88-99-101(95,96)98-86-85-92(3,4)5)100-91(94)84-82-80-78-76-74-72-70-68-66-64-62-60-58-56-54-52-50-47-43-41-39-37-35-33-31-29-27-25-23-21-19-17-15-13-11-9-7-2/h9,11,15,17,21,23,27,29,33,35,39,41,47,50,89H,6-8,10,12-14,16,18-20,22,24-26,28,30-32,34,36-38,40,42-46,48-49,51-88H2,1-5H3/p+1/b11-9-,17-15-,23-21-,29-27-,35-33-,41-39-,50-47-. The molecule has 2 atom stereocenters. The third kappa shape index (κ3) is 86.0. The summed E-state index contributed by atoms with van der Waals surface area (Å²) in [6, 6.07) is 0. The minimum atomic E-state index is -4.40. The van der Waals surface area contributed by atoms with Crippen molar-refractivity contribution in [1.29, 1.82) is 0 Å². The first-order chi connectivity index (χ1) is 49.5. The van der Waals surface area contributed by atoms with Crippen LogP contribution < -0.4 is 0 Å². The SMILES string of the molecule is CC/C=C\C/C=C\C/C=C\C/C=C\C/C=C\C/C=C\C/C=C\CCCCCCCCCCCCCCCCCC(=O)OC(COC(=O)CCCCCCCCCCCCCCCCCCCCCCCCCCCCCCCCCCCCCCCCCC)COP(=O)(O)OCC[N+](C)(C)C. The molecule has 10 heteroatoms. The van der Waals surface area contributed by atoms with Gasteiger partial charge in [-0.3, -0.25) is 18.6 Å². The predicted molar refractivity (Wildman–Crippen MR) is 441 cm³/mol. The van der Waals surface area contributed by atoms with Crippen molar-refractivity contribution in [2.24, 2.45) is 0 Å². The van der Waals surface area contributed by atoms with Crippen molar-refractivity contribution in [3.8, 4) is 0 Å². The molecule has 0 aliphatic rings. The molecule has 0 aromatic carbocycles. The van der Waals surface area contributed by atoms with Gasteiger partial charge in [-0.1, -0.05) is 433 Å². The van der Waals surface area contributed by atoms with Gasteiger partial charge in [-0.25, -0.2) is 4.57 Å². The summed E-state index contributed by atoms with van der Waals surface area (Å²) in [5.74, 6) is -0.778. The van der Waals surface area contributed by atoms with E-state index in [-0.39, 0.29) is 25.6 Å². The van der Waals surface area contributed by atoms with Gasteiger partial charge < -0.3 is 18.9 Å². The summed E-state index contributed by atoms with van der Waals surface area (Å²) in [6.07, 6.45) is 113. The highest BCUT2D eigenvalue weighted by Gasteiger charge is 2.27. The van der Waals surface area contributed by atoms with Crippen LogP contribution in [-0.4, -0.2) is 74.9 Å². The summed E-state index contributed by atoms with van der Waals surface area (Å²) >= 11 is 0. The van der Waals surface area contributed by atoms with E-state index >= 15 is 0 Å². The van der Waals surface area contributed by atoms with Crippen LogP contribution in [0.4, 0.5) is 0 Å². The van der Waals surface area contributed by atoms with Gasteiger partial charge in [0.1, 0.15) is 19.8 Å². The van der Waals surface area contributed by atoms with Gasteiger partial charge in [-0.2, -0.15) is 0 Å². The van der Waals surface area contributed by atoms with Crippen LogP contribution in [0.3, 0.4) is 0 Å². The van der Waals surface area contributed by atoms with Crippen molar-refractivity contribution in [3.63, 3.8) is 0 Å². The van der Waals surface area contributed by atoms with Gasteiger partial charge in [0.15, 0.2) is 6.10 Å². The van der Waals surface area contributed by atoms with Crippen LogP contribution in [0.5, 0.6) is 0 Å². The molecule has 2 unspecified atom stereocenters. The average Bonchev–Trinajstić information content (AvgIpc) is 0.958. The van der Waals surface area contributed by atoms with E-state index in [1.54, 1.807) is 0 Å². The van der Waals surface area contributed by atoms with Crippen LogP contribution in [0.1, 0.15) is 431 Å². The number of quaternary nitrogens is 1. The van der Waals surface area contributed by atoms with Gasteiger partial charge in [-0.05, 0) is 70.6 Å². The highest BCUT2D eigenvalue weighted by molar-refractivity contribution is 7.47. The Kier molecular flexibility index (Phi) is 79.0. The molecule has 1 N–H and O–H groups in total. The molecule has 101 heavy (non-hydrogen) atoms. The maximum absolute atomic E-state index is 12.9. The van der Waals surface area contributed by atoms with Crippen molar-refractivity contribution in [3.05, 3.63) is 85.1 Å². The van der Waals surface area contributed by atoms with E-state index in [4.69, 9.17) is 18.5 Å². The van der Waals surface area contributed by atoms with Crippen LogP contribution >= 0.6 is 7.82 Å². The summed E-state index contributed by atoms with van der Waals surface area (Å²) in [5, 5.41) is 0. The Bertz CT molecular complexity index is 1980. The number of rotatable bonds is 82. The molecule has 9 nitrogen and oxygen atoms in total. The second-order valence-electron chi connectivity index (χ2n) is 30.9. The van der Waals surface area contributed by atoms with Crippen molar-refractivity contribution in [2.75, 3.05) is 47.5 Å². The smallest absolute Gasteiger partial charge is 0.462 e. The number of carbonyl (C=O) groups is 2. The highest BCUT2D eigenvalue weighted by atomic mass is 31.2. The largest absolute Gasteiger partial charge is 0.472 e. The lowest BCUT2D eigenvalue weighted by molar-refractivity contribution is -0.870. The lowest BCUT2D eigenvalue weighted by Crippen LogP contribution is -2.37. The lowest BCUT2D eigenvalue weighted by atomic mass is 10.0. The van der Waals surface area contributed by atoms with E-state index in [1.807, 2.05) is 21.1 Å². The minimum Gasteiger partial charge on any atom is -0.462 e. The fourth-order valence-electron chi connectivity index (χ4n) is 13.1. The van der Waals surface area contributed by atoms with Gasteiger partial charge >= 0.3 is 19.8 Å². The predicted octanol–water partition coefficient (Wildman–Crippen LogP) is 29.6. The summed E-state index contributed by atoms with van der Waals surface area (Å²) in [5.41, 5.74) is 0. The zero-order chi connectivity index (χ0) is 73.3. The first-order valence-electron chi connectivity index (χ1n) is 43.8. The summed E-state index contributed by atoms with van der Waals surface area (Å²) in [4.78, 5) is 36.0. The number of hydrogen-bond donors (Lipinski definition) is 1. The molecule has 0 amide bonds. The summed E-state index contributed by atoms with van der Waals surface area (Å²) in [6.45, 7) is 4.39. The molecule has 0 saturated carbocycles. The average molecular weight is 1440 g/mol. The normalized spacial score (nSPS) is 13.4. The first-order valence-corrected chi connectivity index (χ1v) is 45.3. The molecular formula is C91H169NO8P+. The monoisotopic (exact) mass is 1440 g/mol. The lowest BCUT2D eigenvalue weighted by Gasteiger charge is -2.24. The van der Waals surface area contributed by atoms with Crippen LogP contribution in [0.25, 0.3) is 0 Å². The van der Waals surface area contributed by atoms with Gasteiger partial charge in [0.2, 0.25) is 0 Å². The number of esters is 2. The second kappa shape index (κ2) is 81.3. The molecular weight excluding hydrogens is 1270 g/mol. The van der Waals surface area contributed by atoms with E-state index in [0.717, 1.165) is 77.0 Å². The minimum absolute atomic E-state index is 0.0319. The number of allylic oxidation sites excluding steroid dienone is 14. The van der Waals surface area contributed by atoms with E-state index in [0.29, 0.717) is 23.9 Å². The Hall–Kier alpha value is -2.81. The topological polar surface area (TPSA) is 108 Å². The van der Waals surface area contributed by atoms with Gasteiger partial charge in [0.05, 0.1) is 27.7 Å². The maximum atomic E-state index is 12.9. The molecule has 0 heterocycles. The van der Waals surface area contributed by atoms with Crippen LogP contribution in [0.2, 0.25) is 0 Å². The molecule has 590 valence electrons. The molecule has 0 aliphatic carbocycles. The molecule has 0 rings (SSSR count). The van der Waals surface area contributed by atoms with E-state index in [9.17, 15) is 19.0 Å². The number of ether oxygens (including phenoxy) is 2. The van der Waals surface area contributed by atoms with Crippen molar-refractivity contribution >= 4 is 19.8 Å². The number of unbranched alkanes of at least 4 members (excludes halogenated alkanes) is 54. The third-order valence-electron chi connectivity index (χ3n) is 19.7. The Morgan fingerprint density at radius 1 is 0.317 bits per heavy atom. The second-order valence-corrected chi connectivity index (χ2v) is 32.4. The molecule has 0 spiro atoms. The van der Waals surface area contributed by atoms with Crippen LogP contribution in [0.15, 0.2) is 85.1 Å². The molecule has 0 radical (unpaired) electrons. The Labute approximate surface area is 628 Å². The highest BCUT2D eigenvalue weighted by Crippen LogP contribution is 2.43. The zero-order valence-electron chi connectivity index (χ0n) is 67.7. The Balaban J connectivity index is 3.89. The third-order valence-corrected chi connectivity index (χ3v) is 20.7. The number of carbonyl (C=O) groups excluding carboxylic acids is 2. The molecule has 0 saturated heterocycles. The Morgan fingerprint density at radius 3 is 0.842 bits per heavy atom. The van der Waals surface area contributed by atoms with Gasteiger partial charge in [-0.15, -0.1) is 0 Å². The number of nitrogens with zero attached hydrogens (tertiary/aromatic N) is 1. The van der Waals surface area contributed by atoms with E-state index in [2.05, 4.69) is 98.9 Å².